The molecule has 138 valence electrons. The van der Waals surface area contributed by atoms with Crippen LogP contribution in [0.5, 0.6) is 0 Å². The van der Waals surface area contributed by atoms with E-state index in [-0.39, 0.29) is 18.4 Å². The molecule has 0 bridgehead atoms. The number of carbonyl (C=O) groups is 2. The van der Waals surface area contributed by atoms with Gasteiger partial charge in [0, 0.05) is 15.7 Å². The van der Waals surface area contributed by atoms with E-state index >= 15 is 0 Å². The van der Waals surface area contributed by atoms with Crippen molar-refractivity contribution in [1.29, 1.82) is 0 Å². The molecular formula is C20H21Cl2NO3. The lowest BCUT2D eigenvalue weighted by molar-refractivity contribution is -0.146. The lowest BCUT2D eigenvalue weighted by Crippen LogP contribution is -2.21. The molecule has 0 radical (unpaired) electrons. The third-order valence-corrected chi connectivity index (χ3v) is 4.34. The van der Waals surface area contributed by atoms with Crippen LogP contribution in [0.2, 0.25) is 10.0 Å². The van der Waals surface area contributed by atoms with E-state index in [1.807, 2.05) is 24.3 Å². The fourth-order valence-corrected chi connectivity index (χ4v) is 2.74. The van der Waals surface area contributed by atoms with Crippen LogP contribution in [0.1, 0.15) is 31.9 Å². The summed E-state index contributed by atoms with van der Waals surface area (Å²) in [4.78, 5) is 23.8. The van der Waals surface area contributed by atoms with Crippen LogP contribution in [0, 0.1) is 0 Å². The average molecular weight is 394 g/mol. The molecule has 2 rings (SSSR count). The standard InChI is InChI=1S/C20H21Cl2NO3/c1-20(2,3)14-5-8-16(9-6-14)23-18(24)12-26-19(25)10-13-4-7-15(21)11-17(13)22/h4-9,11H,10,12H2,1-3H3,(H,23,24). The van der Waals surface area contributed by atoms with Gasteiger partial charge < -0.3 is 10.1 Å². The number of ether oxygens (including phenoxy) is 1. The van der Waals surface area contributed by atoms with Gasteiger partial charge in [-0.1, -0.05) is 62.2 Å². The van der Waals surface area contributed by atoms with Crippen LogP contribution in [0.3, 0.4) is 0 Å². The van der Waals surface area contributed by atoms with Crippen molar-refractivity contribution in [2.45, 2.75) is 32.6 Å². The SMILES string of the molecule is CC(C)(C)c1ccc(NC(=O)COC(=O)Cc2ccc(Cl)cc2Cl)cc1. The summed E-state index contributed by atoms with van der Waals surface area (Å²) in [6, 6.07) is 12.4. The van der Waals surface area contributed by atoms with Gasteiger partial charge in [-0.15, -0.1) is 0 Å². The number of carbonyl (C=O) groups excluding carboxylic acids is 2. The predicted molar refractivity (Wildman–Crippen MR) is 105 cm³/mol. The van der Waals surface area contributed by atoms with Crippen LogP contribution < -0.4 is 5.32 Å². The number of rotatable bonds is 5. The van der Waals surface area contributed by atoms with Crippen LogP contribution in [0.4, 0.5) is 5.69 Å². The van der Waals surface area contributed by atoms with Crippen LogP contribution >= 0.6 is 23.2 Å². The summed E-state index contributed by atoms with van der Waals surface area (Å²) >= 11 is 11.8. The molecule has 2 aromatic rings. The van der Waals surface area contributed by atoms with E-state index in [1.54, 1.807) is 18.2 Å². The highest BCUT2D eigenvalue weighted by Crippen LogP contribution is 2.23. The van der Waals surface area contributed by atoms with Crippen molar-refractivity contribution in [3.63, 3.8) is 0 Å². The zero-order valence-electron chi connectivity index (χ0n) is 14.9. The Morgan fingerprint density at radius 3 is 2.27 bits per heavy atom. The van der Waals surface area contributed by atoms with E-state index in [0.29, 0.717) is 21.3 Å². The van der Waals surface area contributed by atoms with Crippen molar-refractivity contribution in [3.05, 3.63) is 63.6 Å². The number of hydrogen-bond acceptors (Lipinski definition) is 3. The first-order valence-corrected chi connectivity index (χ1v) is 8.91. The largest absolute Gasteiger partial charge is 0.455 e. The Hall–Kier alpha value is -2.04. The molecule has 0 aliphatic carbocycles. The third-order valence-electron chi connectivity index (χ3n) is 3.75. The van der Waals surface area contributed by atoms with E-state index < -0.39 is 11.9 Å². The van der Waals surface area contributed by atoms with Gasteiger partial charge in [-0.25, -0.2) is 0 Å². The van der Waals surface area contributed by atoms with E-state index in [0.717, 1.165) is 0 Å². The smallest absolute Gasteiger partial charge is 0.310 e. The second-order valence-corrected chi connectivity index (χ2v) is 7.79. The summed E-state index contributed by atoms with van der Waals surface area (Å²) in [7, 11) is 0. The van der Waals surface area contributed by atoms with E-state index in [4.69, 9.17) is 27.9 Å². The van der Waals surface area contributed by atoms with Crippen molar-refractivity contribution >= 4 is 40.8 Å². The first-order chi connectivity index (χ1) is 12.1. The molecule has 26 heavy (non-hydrogen) atoms. The number of hydrogen-bond donors (Lipinski definition) is 1. The molecule has 1 amide bonds. The molecule has 0 saturated carbocycles. The number of esters is 1. The van der Waals surface area contributed by atoms with Crippen LogP contribution in [-0.4, -0.2) is 18.5 Å². The number of benzene rings is 2. The minimum absolute atomic E-state index is 0.0242. The average Bonchev–Trinajstić information content (AvgIpc) is 2.55. The molecule has 0 atom stereocenters. The minimum atomic E-state index is -0.535. The van der Waals surface area contributed by atoms with Gasteiger partial charge in [0.2, 0.25) is 0 Å². The highest BCUT2D eigenvalue weighted by Gasteiger charge is 2.14. The molecule has 0 heterocycles. The van der Waals surface area contributed by atoms with Crippen molar-refractivity contribution in [2.24, 2.45) is 0 Å². The van der Waals surface area contributed by atoms with Crippen molar-refractivity contribution in [1.82, 2.24) is 0 Å². The number of amides is 1. The molecule has 0 saturated heterocycles. The van der Waals surface area contributed by atoms with Crippen molar-refractivity contribution < 1.29 is 14.3 Å². The lowest BCUT2D eigenvalue weighted by Gasteiger charge is -2.19. The highest BCUT2D eigenvalue weighted by molar-refractivity contribution is 6.35. The molecule has 6 heteroatoms. The summed E-state index contributed by atoms with van der Waals surface area (Å²) in [6.07, 6.45) is -0.0242. The zero-order chi connectivity index (χ0) is 19.3. The normalized spacial score (nSPS) is 11.1. The molecule has 0 unspecified atom stereocenters. The Morgan fingerprint density at radius 1 is 1.04 bits per heavy atom. The maximum atomic E-state index is 11.9. The van der Waals surface area contributed by atoms with Crippen LogP contribution in [0.15, 0.2) is 42.5 Å². The van der Waals surface area contributed by atoms with Gasteiger partial charge in [0.25, 0.3) is 5.91 Å². The topological polar surface area (TPSA) is 55.4 Å². The summed E-state index contributed by atoms with van der Waals surface area (Å²) in [5, 5.41) is 3.58. The van der Waals surface area contributed by atoms with Crippen molar-refractivity contribution in [3.8, 4) is 0 Å². The second kappa shape index (κ2) is 8.56. The Labute approximate surface area is 163 Å². The lowest BCUT2D eigenvalue weighted by atomic mass is 9.87. The first-order valence-electron chi connectivity index (χ1n) is 8.15. The van der Waals surface area contributed by atoms with Gasteiger partial charge in [-0.2, -0.15) is 0 Å². The fraction of sp³-hybridized carbons (Fsp3) is 0.300. The van der Waals surface area contributed by atoms with E-state index in [1.165, 1.54) is 5.56 Å². The maximum absolute atomic E-state index is 11.9. The third kappa shape index (κ3) is 6.04. The summed E-state index contributed by atoms with van der Waals surface area (Å²) in [5.74, 6) is -0.934. The molecule has 1 N–H and O–H groups in total. The molecule has 2 aromatic carbocycles. The number of halogens is 2. The van der Waals surface area contributed by atoms with Crippen LogP contribution in [0.25, 0.3) is 0 Å². The summed E-state index contributed by atoms with van der Waals surface area (Å²) < 4.78 is 5.00. The molecule has 0 aliphatic rings. The number of nitrogens with one attached hydrogen (secondary N) is 1. The summed E-state index contributed by atoms with van der Waals surface area (Å²) in [6.45, 7) is 6.00. The van der Waals surface area contributed by atoms with Gasteiger partial charge >= 0.3 is 5.97 Å². The monoisotopic (exact) mass is 393 g/mol. The molecule has 0 fully saturated rings. The molecule has 0 aliphatic heterocycles. The Kier molecular flexibility index (Phi) is 6.68. The quantitative estimate of drug-likeness (QED) is 0.725. The van der Waals surface area contributed by atoms with Gasteiger partial charge in [0.1, 0.15) is 0 Å². The Balaban J connectivity index is 1.83. The molecule has 4 nitrogen and oxygen atoms in total. The molecular weight excluding hydrogens is 373 g/mol. The minimum Gasteiger partial charge on any atom is -0.455 e. The Morgan fingerprint density at radius 2 is 1.69 bits per heavy atom. The van der Waals surface area contributed by atoms with Gasteiger partial charge in [0.15, 0.2) is 6.61 Å². The highest BCUT2D eigenvalue weighted by atomic mass is 35.5. The molecule has 0 spiro atoms. The Bertz CT molecular complexity index is 796. The van der Waals surface area contributed by atoms with Gasteiger partial charge in [-0.05, 0) is 40.8 Å². The van der Waals surface area contributed by atoms with Gasteiger partial charge in [-0.3, -0.25) is 9.59 Å². The molecule has 0 aromatic heterocycles. The predicted octanol–water partition coefficient (Wildman–Crippen LogP) is 5.02. The number of anilines is 1. The van der Waals surface area contributed by atoms with E-state index in [9.17, 15) is 9.59 Å². The maximum Gasteiger partial charge on any atom is 0.310 e. The van der Waals surface area contributed by atoms with Crippen LogP contribution in [-0.2, 0) is 26.2 Å². The summed E-state index contributed by atoms with van der Waals surface area (Å²) in [5.41, 5.74) is 2.46. The van der Waals surface area contributed by atoms with Crippen molar-refractivity contribution in [2.75, 3.05) is 11.9 Å². The zero-order valence-corrected chi connectivity index (χ0v) is 16.4. The first kappa shape index (κ1) is 20.3. The van der Waals surface area contributed by atoms with E-state index in [2.05, 4.69) is 26.1 Å². The second-order valence-electron chi connectivity index (χ2n) is 6.95. The van der Waals surface area contributed by atoms with Gasteiger partial charge in [0.05, 0.1) is 6.42 Å². The fourth-order valence-electron chi connectivity index (χ4n) is 2.27.